The van der Waals surface area contributed by atoms with E-state index in [1.54, 1.807) is 66.7 Å². The molecule has 0 saturated carbocycles. The second-order valence-corrected chi connectivity index (χ2v) is 10.0. The molecule has 0 spiro atoms. The molecule has 2 N–H and O–H groups in total. The van der Waals surface area contributed by atoms with E-state index in [0.29, 0.717) is 65.4 Å². The minimum atomic E-state index is -0.439. The fraction of sp³-hybridized carbons (Fsp3) is 0. The van der Waals surface area contributed by atoms with Crippen LogP contribution in [0, 0.1) is 0 Å². The molecule has 0 bridgehead atoms. The fourth-order valence-electron chi connectivity index (χ4n) is 3.53. The van der Waals surface area contributed by atoms with Gasteiger partial charge in [0.15, 0.2) is 10.7 Å². The molecule has 0 aliphatic heterocycles. The number of hydrogen-bond acceptors (Lipinski definition) is 5. The van der Waals surface area contributed by atoms with Gasteiger partial charge in [-0.25, -0.2) is 4.98 Å². The Morgan fingerprint density at radius 2 is 1.63 bits per heavy atom. The van der Waals surface area contributed by atoms with Crippen molar-refractivity contribution in [1.29, 1.82) is 0 Å². The van der Waals surface area contributed by atoms with E-state index in [9.17, 15) is 4.79 Å². The van der Waals surface area contributed by atoms with Gasteiger partial charge < -0.3 is 14.2 Å². The van der Waals surface area contributed by atoms with E-state index in [-0.39, 0.29) is 5.11 Å². The molecule has 1 amide bonds. The van der Waals surface area contributed by atoms with Crippen LogP contribution in [-0.4, -0.2) is 16.0 Å². The molecule has 0 aliphatic rings. The van der Waals surface area contributed by atoms with Gasteiger partial charge in [0.05, 0.1) is 15.6 Å². The van der Waals surface area contributed by atoms with Crippen LogP contribution in [0.4, 0.5) is 5.69 Å². The van der Waals surface area contributed by atoms with Crippen molar-refractivity contribution in [1.82, 2.24) is 10.3 Å². The molecule has 38 heavy (non-hydrogen) atoms. The van der Waals surface area contributed by atoms with E-state index in [0.717, 1.165) is 0 Å². The molecule has 0 unspecified atom stereocenters. The Kier molecular flexibility index (Phi) is 7.74. The Balaban J connectivity index is 1.22. The van der Waals surface area contributed by atoms with Crippen molar-refractivity contribution in [2.24, 2.45) is 0 Å². The van der Waals surface area contributed by atoms with Gasteiger partial charge >= 0.3 is 0 Å². The number of thiocarbonyl (C=S) groups is 1. The van der Waals surface area contributed by atoms with Crippen LogP contribution in [-0.2, 0) is 4.79 Å². The summed E-state index contributed by atoms with van der Waals surface area (Å²) in [4.78, 5) is 16.9. The van der Waals surface area contributed by atoms with Gasteiger partial charge in [0, 0.05) is 27.4 Å². The van der Waals surface area contributed by atoms with Gasteiger partial charge in [-0.2, -0.15) is 0 Å². The molecular weight excluding hydrogens is 588 g/mol. The lowest BCUT2D eigenvalue weighted by atomic mass is 10.2. The quantitative estimate of drug-likeness (QED) is 0.154. The molecule has 5 rings (SSSR count). The standard InChI is InChI=1S/C27H15Cl4N3O3S/c28-14-2-7-20(30)19(11-14)26-33-22-13-16(3-8-24(22)37-26)32-27(38)34-25(35)10-5-17-4-9-23(36-17)18-6-1-15(29)12-21(18)31/h1-13H,(H2,32,34,35,38)/b10-5+. The summed E-state index contributed by atoms with van der Waals surface area (Å²) in [5, 5.41) is 7.62. The van der Waals surface area contributed by atoms with Crippen LogP contribution >= 0.6 is 58.6 Å². The molecule has 0 atom stereocenters. The highest BCUT2D eigenvalue weighted by atomic mass is 35.5. The first-order chi connectivity index (χ1) is 18.2. The lowest BCUT2D eigenvalue weighted by Gasteiger charge is -2.07. The first-order valence-electron chi connectivity index (χ1n) is 11.0. The highest BCUT2D eigenvalue weighted by molar-refractivity contribution is 7.80. The number of fused-ring (bicyclic) bond motifs is 1. The highest BCUT2D eigenvalue weighted by Gasteiger charge is 2.13. The van der Waals surface area contributed by atoms with E-state index in [4.69, 9.17) is 67.5 Å². The zero-order valence-corrected chi connectivity index (χ0v) is 22.9. The molecule has 5 aromatic rings. The van der Waals surface area contributed by atoms with Crippen molar-refractivity contribution in [3.05, 3.63) is 98.7 Å². The molecule has 6 nitrogen and oxygen atoms in total. The summed E-state index contributed by atoms with van der Waals surface area (Å²) in [5.74, 6) is 0.913. The van der Waals surface area contributed by atoms with Crippen LogP contribution < -0.4 is 10.6 Å². The maximum Gasteiger partial charge on any atom is 0.250 e. The van der Waals surface area contributed by atoms with Crippen molar-refractivity contribution in [2.75, 3.05) is 5.32 Å². The SMILES string of the molecule is O=C(/C=C/c1ccc(-c2ccc(Cl)cc2Cl)o1)NC(=S)Nc1ccc2oc(-c3cc(Cl)ccc3Cl)nc2c1. The van der Waals surface area contributed by atoms with Crippen LogP contribution in [0.25, 0.3) is 40.0 Å². The number of furan rings is 1. The molecule has 2 aromatic heterocycles. The van der Waals surface area contributed by atoms with Crippen molar-refractivity contribution in [3.63, 3.8) is 0 Å². The Bertz CT molecular complexity index is 1730. The number of nitrogens with one attached hydrogen (secondary N) is 2. The van der Waals surface area contributed by atoms with E-state index in [1.807, 2.05) is 0 Å². The smallest absolute Gasteiger partial charge is 0.250 e. The van der Waals surface area contributed by atoms with Gasteiger partial charge in [-0.15, -0.1) is 0 Å². The number of halogens is 4. The van der Waals surface area contributed by atoms with E-state index >= 15 is 0 Å². The van der Waals surface area contributed by atoms with Gasteiger partial charge in [-0.1, -0.05) is 46.4 Å². The van der Waals surface area contributed by atoms with Crippen LogP contribution in [0.3, 0.4) is 0 Å². The van der Waals surface area contributed by atoms with Gasteiger partial charge in [0.2, 0.25) is 11.8 Å². The topological polar surface area (TPSA) is 80.3 Å². The summed E-state index contributed by atoms with van der Waals surface area (Å²) in [6.45, 7) is 0. The minimum Gasteiger partial charge on any atom is -0.457 e. The average molecular weight is 603 g/mol. The number of benzene rings is 3. The van der Waals surface area contributed by atoms with Crippen molar-refractivity contribution < 1.29 is 13.6 Å². The van der Waals surface area contributed by atoms with Gasteiger partial charge in [-0.3, -0.25) is 10.1 Å². The molecule has 0 fully saturated rings. The Morgan fingerprint density at radius 1 is 0.842 bits per heavy atom. The lowest BCUT2D eigenvalue weighted by molar-refractivity contribution is -0.115. The number of nitrogens with zero attached hydrogens (tertiary/aromatic N) is 1. The largest absolute Gasteiger partial charge is 0.457 e. The molecular formula is C27H15Cl4N3O3S. The van der Waals surface area contributed by atoms with Crippen LogP contribution in [0.5, 0.6) is 0 Å². The van der Waals surface area contributed by atoms with Gasteiger partial charge in [0.1, 0.15) is 17.0 Å². The third kappa shape index (κ3) is 6.04. The molecule has 0 radical (unpaired) electrons. The molecule has 2 heterocycles. The van der Waals surface area contributed by atoms with Crippen LogP contribution in [0.1, 0.15) is 5.76 Å². The maximum atomic E-state index is 12.4. The number of oxazole rings is 1. The predicted molar refractivity (Wildman–Crippen MR) is 157 cm³/mol. The summed E-state index contributed by atoms with van der Waals surface area (Å²) in [7, 11) is 0. The van der Waals surface area contributed by atoms with Crippen molar-refractivity contribution in [2.45, 2.75) is 0 Å². The zero-order valence-electron chi connectivity index (χ0n) is 19.1. The third-order valence-corrected chi connectivity index (χ3v) is 6.58. The third-order valence-electron chi connectivity index (χ3n) is 5.26. The van der Waals surface area contributed by atoms with Crippen LogP contribution in [0.15, 0.2) is 81.6 Å². The van der Waals surface area contributed by atoms with Crippen LogP contribution in [0.2, 0.25) is 20.1 Å². The van der Waals surface area contributed by atoms with Gasteiger partial charge in [0.25, 0.3) is 0 Å². The Labute approximate surface area is 242 Å². The number of anilines is 1. The number of carbonyl (C=O) groups excluding carboxylic acids is 1. The number of carbonyl (C=O) groups is 1. The van der Waals surface area contributed by atoms with Crippen molar-refractivity contribution >= 4 is 92.5 Å². The molecule has 0 aliphatic carbocycles. The summed E-state index contributed by atoms with van der Waals surface area (Å²) < 4.78 is 11.6. The summed E-state index contributed by atoms with van der Waals surface area (Å²) in [5.41, 5.74) is 3.01. The van der Waals surface area contributed by atoms with E-state index < -0.39 is 5.91 Å². The summed E-state index contributed by atoms with van der Waals surface area (Å²) in [6, 6.07) is 18.9. The Morgan fingerprint density at radius 3 is 2.45 bits per heavy atom. The lowest BCUT2D eigenvalue weighted by Crippen LogP contribution is -2.32. The summed E-state index contributed by atoms with van der Waals surface area (Å²) in [6.07, 6.45) is 2.83. The first-order valence-corrected chi connectivity index (χ1v) is 12.9. The predicted octanol–water partition coefficient (Wildman–Crippen LogP) is 8.89. The fourth-order valence-corrected chi connectivity index (χ4v) is 4.62. The van der Waals surface area contributed by atoms with Crippen molar-refractivity contribution in [3.8, 4) is 22.8 Å². The van der Waals surface area contributed by atoms with Gasteiger partial charge in [-0.05, 0) is 85.0 Å². The molecule has 11 heteroatoms. The molecule has 3 aromatic carbocycles. The minimum absolute atomic E-state index is 0.105. The molecule has 0 saturated heterocycles. The second kappa shape index (κ2) is 11.2. The monoisotopic (exact) mass is 601 g/mol. The summed E-state index contributed by atoms with van der Waals surface area (Å²) >= 11 is 29.8. The van der Waals surface area contributed by atoms with E-state index in [2.05, 4.69) is 15.6 Å². The first kappa shape index (κ1) is 26.3. The molecule has 190 valence electrons. The van der Waals surface area contributed by atoms with E-state index in [1.165, 1.54) is 12.2 Å². The number of amides is 1. The zero-order chi connectivity index (χ0) is 26.8. The number of rotatable bonds is 5. The normalized spacial score (nSPS) is 11.3. The second-order valence-electron chi connectivity index (χ2n) is 7.93. The average Bonchev–Trinajstić information content (AvgIpc) is 3.51. The number of aromatic nitrogens is 1. The Hall–Kier alpha value is -3.33. The number of hydrogen-bond donors (Lipinski definition) is 2. The maximum absolute atomic E-state index is 12.4. The highest BCUT2D eigenvalue weighted by Crippen LogP contribution is 2.33.